The molecule has 0 saturated carbocycles. The summed E-state index contributed by atoms with van der Waals surface area (Å²) in [5.41, 5.74) is 2.40. The Morgan fingerprint density at radius 1 is 1.00 bits per heavy atom. The topological polar surface area (TPSA) is 78.1 Å². The van der Waals surface area contributed by atoms with Crippen molar-refractivity contribution >= 4 is 22.8 Å². The largest absolute Gasteiger partial charge is 0.507 e. The fourth-order valence-electron chi connectivity index (χ4n) is 3.03. The molecule has 3 rings (SSSR count). The highest BCUT2D eigenvalue weighted by Gasteiger charge is 2.16. The van der Waals surface area contributed by atoms with E-state index in [9.17, 15) is 9.90 Å². The number of benzene rings is 2. The number of methoxy groups -OCH3 is 3. The number of phenolic OH excluding ortho intramolecular Hbond substituents is 1. The van der Waals surface area contributed by atoms with E-state index in [0.717, 1.165) is 16.7 Å². The summed E-state index contributed by atoms with van der Waals surface area (Å²) in [4.78, 5) is 12.7. The maximum atomic E-state index is 12.7. The number of ether oxygens (including phenoxy) is 3. The van der Waals surface area contributed by atoms with Gasteiger partial charge in [-0.2, -0.15) is 0 Å². The van der Waals surface area contributed by atoms with Gasteiger partial charge >= 0.3 is 0 Å². The smallest absolute Gasteiger partial charge is 0.203 e. The van der Waals surface area contributed by atoms with Gasteiger partial charge in [0.15, 0.2) is 17.3 Å². The van der Waals surface area contributed by atoms with Crippen LogP contribution in [0.5, 0.6) is 23.0 Å². The molecule has 2 aromatic carbocycles. The summed E-state index contributed by atoms with van der Waals surface area (Å²) >= 11 is 0. The predicted octanol–water partition coefficient (Wildman–Crippen LogP) is 4.68. The normalized spacial score (nSPS) is 11.2. The first-order chi connectivity index (χ1) is 13.4. The molecule has 1 N–H and O–H groups in total. The first-order valence-corrected chi connectivity index (χ1v) is 8.64. The number of rotatable bonds is 6. The van der Waals surface area contributed by atoms with Gasteiger partial charge in [0.25, 0.3) is 0 Å². The number of aryl methyl sites for hydroxylation is 2. The van der Waals surface area contributed by atoms with Crippen LogP contribution >= 0.6 is 0 Å². The number of carbonyl (C=O) groups excluding carboxylic acids is 1. The van der Waals surface area contributed by atoms with E-state index in [2.05, 4.69) is 0 Å². The summed E-state index contributed by atoms with van der Waals surface area (Å²) in [7, 11) is 4.58. The molecule has 0 aliphatic rings. The minimum absolute atomic E-state index is 0.124. The molecule has 6 heteroatoms. The second-order valence-corrected chi connectivity index (χ2v) is 6.31. The van der Waals surface area contributed by atoms with Crippen LogP contribution in [0.1, 0.15) is 27.2 Å². The molecule has 146 valence electrons. The molecule has 6 nitrogen and oxygen atoms in total. The molecule has 0 spiro atoms. The second kappa shape index (κ2) is 7.68. The molecule has 0 aliphatic heterocycles. The maximum Gasteiger partial charge on any atom is 0.203 e. The van der Waals surface area contributed by atoms with Crippen molar-refractivity contribution in [1.29, 1.82) is 0 Å². The molecule has 0 unspecified atom stereocenters. The molecular formula is C22H22O6. The lowest BCUT2D eigenvalue weighted by atomic mass is 10.0. The maximum absolute atomic E-state index is 12.7. The van der Waals surface area contributed by atoms with Crippen LogP contribution in [0.4, 0.5) is 0 Å². The van der Waals surface area contributed by atoms with Crippen molar-refractivity contribution in [2.75, 3.05) is 21.3 Å². The van der Waals surface area contributed by atoms with E-state index in [1.807, 2.05) is 13.8 Å². The summed E-state index contributed by atoms with van der Waals surface area (Å²) in [6.45, 7) is 3.76. The zero-order valence-electron chi connectivity index (χ0n) is 16.5. The molecular weight excluding hydrogens is 360 g/mol. The zero-order valence-corrected chi connectivity index (χ0v) is 16.5. The minimum atomic E-state index is -0.327. The van der Waals surface area contributed by atoms with Gasteiger partial charge in [0, 0.05) is 11.5 Å². The van der Waals surface area contributed by atoms with Gasteiger partial charge in [-0.15, -0.1) is 0 Å². The van der Waals surface area contributed by atoms with Crippen LogP contribution in [-0.2, 0) is 0 Å². The van der Waals surface area contributed by atoms with E-state index in [1.54, 1.807) is 24.3 Å². The molecule has 1 heterocycles. The lowest BCUT2D eigenvalue weighted by molar-refractivity contribution is 0.104. The third kappa shape index (κ3) is 3.41. The third-order valence-corrected chi connectivity index (χ3v) is 4.67. The number of furan rings is 1. The van der Waals surface area contributed by atoms with Gasteiger partial charge in [-0.3, -0.25) is 4.79 Å². The summed E-state index contributed by atoms with van der Waals surface area (Å²) < 4.78 is 21.5. The fraction of sp³-hybridized carbons (Fsp3) is 0.227. The number of aromatic hydroxyl groups is 1. The van der Waals surface area contributed by atoms with Crippen LogP contribution in [-0.4, -0.2) is 32.2 Å². The van der Waals surface area contributed by atoms with Crippen LogP contribution in [0.25, 0.3) is 17.0 Å². The lowest BCUT2D eigenvalue weighted by Crippen LogP contribution is -1.97. The number of hydrogen-bond donors (Lipinski definition) is 1. The molecule has 28 heavy (non-hydrogen) atoms. The van der Waals surface area contributed by atoms with Gasteiger partial charge in [-0.1, -0.05) is 6.08 Å². The van der Waals surface area contributed by atoms with Crippen molar-refractivity contribution < 1.29 is 28.5 Å². The van der Waals surface area contributed by atoms with Gasteiger partial charge in [0.1, 0.15) is 17.1 Å². The SMILES string of the molecule is COc1cc(/C=C/C(=O)c2cc3c(C)c(C)oc3cc2O)cc(OC)c1OC. The second-order valence-electron chi connectivity index (χ2n) is 6.31. The minimum Gasteiger partial charge on any atom is -0.507 e. The van der Waals surface area contributed by atoms with Crippen LogP contribution < -0.4 is 14.2 Å². The molecule has 0 saturated heterocycles. The molecule has 1 aromatic heterocycles. The Morgan fingerprint density at radius 2 is 1.64 bits per heavy atom. The van der Waals surface area contributed by atoms with E-state index in [4.69, 9.17) is 18.6 Å². The highest BCUT2D eigenvalue weighted by Crippen LogP contribution is 2.38. The van der Waals surface area contributed by atoms with Crippen molar-refractivity contribution in [3.05, 3.63) is 52.8 Å². The predicted molar refractivity (Wildman–Crippen MR) is 107 cm³/mol. The number of allylic oxidation sites excluding steroid dienone is 1. The van der Waals surface area contributed by atoms with E-state index in [1.165, 1.54) is 33.5 Å². The van der Waals surface area contributed by atoms with Gasteiger partial charge in [0.2, 0.25) is 5.75 Å². The van der Waals surface area contributed by atoms with Gasteiger partial charge in [-0.05, 0) is 49.2 Å². The molecule has 0 fully saturated rings. The Morgan fingerprint density at radius 3 is 2.21 bits per heavy atom. The molecule has 0 radical (unpaired) electrons. The first kappa shape index (κ1) is 19.4. The van der Waals surface area contributed by atoms with Gasteiger partial charge in [-0.25, -0.2) is 0 Å². The van der Waals surface area contributed by atoms with Crippen molar-refractivity contribution in [3.8, 4) is 23.0 Å². The average Bonchev–Trinajstić information content (AvgIpc) is 2.97. The van der Waals surface area contributed by atoms with Crippen molar-refractivity contribution in [3.63, 3.8) is 0 Å². The van der Waals surface area contributed by atoms with Crippen molar-refractivity contribution in [1.82, 2.24) is 0 Å². The number of carbonyl (C=O) groups is 1. The van der Waals surface area contributed by atoms with Crippen LogP contribution in [0, 0.1) is 13.8 Å². The zero-order chi connectivity index (χ0) is 20.4. The highest BCUT2D eigenvalue weighted by molar-refractivity contribution is 6.10. The highest BCUT2D eigenvalue weighted by atomic mass is 16.5. The van der Waals surface area contributed by atoms with Crippen molar-refractivity contribution in [2.24, 2.45) is 0 Å². The Kier molecular flexibility index (Phi) is 5.31. The van der Waals surface area contributed by atoms with E-state index in [-0.39, 0.29) is 17.1 Å². The molecule has 0 bridgehead atoms. The van der Waals surface area contributed by atoms with Crippen LogP contribution in [0.15, 0.2) is 34.8 Å². The summed E-state index contributed by atoms with van der Waals surface area (Å²) in [6.07, 6.45) is 3.02. The summed E-state index contributed by atoms with van der Waals surface area (Å²) in [5, 5.41) is 11.0. The Balaban J connectivity index is 1.97. The van der Waals surface area contributed by atoms with Gasteiger partial charge < -0.3 is 23.7 Å². The number of phenols is 1. The Hall–Kier alpha value is -3.41. The summed E-state index contributed by atoms with van der Waals surface area (Å²) in [5.74, 6) is 1.76. The van der Waals surface area contributed by atoms with Crippen LogP contribution in [0.3, 0.4) is 0 Å². The molecule has 0 amide bonds. The summed E-state index contributed by atoms with van der Waals surface area (Å²) in [6, 6.07) is 6.59. The third-order valence-electron chi connectivity index (χ3n) is 4.67. The van der Waals surface area contributed by atoms with E-state index >= 15 is 0 Å². The van der Waals surface area contributed by atoms with E-state index < -0.39 is 0 Å². The Labute approximate surface area is 162 Å². The standard InChI is InChI=1S/C22H22O6/c1-12-13(2)28-19-11-18(24)16(10-15(12)19)17(23)7-6-14-8-20(25-3)22(27-5)21(9-14)26-4/h6-11,24H,1-5H3/b7-6+. The fourth-order valence-corrected chi connectivity index (χ4v) is 3.03. The molecule has 0 aliphatic carbocycles. The van der Waals surface area contributed by atoms with E-state index in [0.29, 0.717) is 28.4 Å². The first-order valence-electron chi connectivity index (χ1n) is 8.64. The lowest BCUT2D eigenvalue weighted by Gasteiger charge is -2.12. The van der Waals surface area contributed by atoms with Crippen LogP contribution in [0.2, 0.25) is 0 Å². The average molecular weight is 382 g/mol. The number of ketones is 1. The van der Waals surface area contributed by atoms with Gasteiger partial charge in [0.05, 0.1) is 26.9 Å². The Bertz CT molecular complexity index is 1050. The quantitative estimate of drug-likeness (QED) is 0.493. The monoisotopic (exact) mass is 382 g/mol. The number of hydrogen-bond acceptors (Lipinski definition) is 6. The molecule has 0 atom stereocenters. The number of fused-ring (bicyclic) bond motifs is 1. The molecule has 3 aromatic rings. The van der Waals surface area contributed by atoms with Crippen molar-refractivity contribution in [2.45, 2.75) is 13.8 Å².